The van der Waals surface area contributed by atoms with Gasteiger partial charge in [0.25, 0.3) is 5.91 Å². The maximum absolute atomic E-state index is 12.9. The van der Waals surface area contributed by atoms with Crippen molar-refractivity contribution in [3.63, 3.8) is 0 Å². The summed E-state index contributed by atoms with van der Waals surface area (Å²) in [5.41, 5.74) is 1.000. The molecule has 4 heterocycles. The summed E-state index contributed by atoms with van der Waals surface area (Å²) in [6.07, 6.45) is 0. The highest BCUT2D eigenvalue weighted by Crippen LogP contribution is 2.34. The zero-order valence-electron chi connectivity index (χ0n) is 18.9. The lowest BCUT2D eigenvalue weighted by molar-refractivity contribution is 0.0843. The summed E-state index contributed by atoms with van der Waals surface area (Å²) in [6.45, 7) is 7.16. The number of nitrogens with one attached hydrogen (secondary N) is 1. The predicted molar refractivity (Wildman–Crippen MR) is 121 cm³/mol. The number of ether oxygens (including phenoxy) is 2. The molecule has 33 heavy (non-hydrogen) atoms. The zero-order valence-corrected chi connectivity index (χ0v) is 18.9. The van der Waals surface area contributed by atoms with Crippen molar-refractivity contribution in [3.05, 3.63) is 53.6 Å². The number of fused-ring (bicyclic) bond motifs is 1. The molecule has 2 aliphatic rings. The second-order valence-electron chi connectivity index (χ2n) is 8.45. The highest BCUT2D eigenvalue weighted by Gasteiger charge is 2.27. The van der Waals surface area contributed by atoms with Crippen molar-refractivity contribution in [2.75, 3.05) is 53.0 Å². The molecular weight excluding hydrogens is 424 g/mol. The first-order valence-corrected chi connectivity index (χ1v) is 11.2. The Morgan fingerprint density at radius 3 is 2.61 bits per heavy atom. The molecule has 0 saturated carbocycles. The number of likely N-dealkylation sites (N-methyl/N-ethyl adjacent to an activating group) is 1. The third-order valence-corrected chi connectivity index (χ3v) is 6.09. The number of carbonyl (C=O) groups excluding carboxylic acids is 1. The molecule has 0 spiro atoms. The van der Waals surface area contributed by atoms with Gasteiger partial charge in [0.15, 0.2) is 23.0 Å². The Morgan fingerprint density at radius 1 is 1.06 bits per heavy atom. The minimum atomic E-state index is -0.287. The number of hydrogen-bond donors (Lipinski definition) is 1. The number of carbonyl (C=O) groups is 1. The molecule has 3 aromatic rings. The summed E-state index contributed by atoms with van der Waals surface area (Å²) in [4.78, 5) is 17.5. The van der Waals surface area contributed by atoms with E-state index in [0.717, 1.165) is 43.3 Å². The van der Waals surface area contributed by atoms with Gasteiger partial charge in [-0.2, -0.15) is 0 Å². The van der Waals surface area contributed by atoms with Gasteiger partial charge in [0.2, 0.25) is 0 Å². The first-order valence-electron chi connectivity index (χ1n) is 11.2. The Hall–Kier alpha value is -3.30. The van der Waals surface area contributed by atoms with Crippen LogP contribution < -0.4 is 14.8 Å². The number of nitrogens with zero attached hydrogens (tertiary/aromatic N) is 3. The van der Waals surface area contributed by atoms with E-state index in [-0.39, 0.29) is 17.6 Å². The molecule has 0 bridgehead atoms. The summed E-state index contributed by atoms with van der Waals surface area (Å²) in [6, 6.07) is 11.1. The van der Waals surface area contributed by atoms with Crippen molar-refractivity contribution < 1.29 is 23.2 Å². The highest BCUT2D eigenvalue weighted by atomic mass is 16.6. The standard InChI is InChI=1S/C24H28N4O5/c1-16-3-5-20(32-16)19(28-9-7-27(2)8-10-28)15-25-24(29)18-14-22(33-26-18)17-4-6-21-23(13-17)31-12-11-30-21/h3-6,13-14,19H,7-12,15H2,1-2H3,(H,25,29). The van der Waals surface area contributed by atoms with Gasteiger partial charge >= 0.3 is 0 Å². The van der Waals surface area contributed by atoms with Crippen molar-refractivity contribution in [1.29, 1.82) is 0 Å². The van der Waals surface area contributed by atoms with Crippen molar-refractivity contribution in [1.82, 2.24) is 20.3 Å². The Labute approximate surface area is 192 Å². The molecule has 5 rings (SSSR count). The maximum Gasteiger partial charge on any atom is 0.273 e. The molecule has 0 radical (unpaired) electrons. The normalized spacial score (nSPS) is 17.6. The molecule has 9 nitrogen and oxygen atoms in total. The minimum absolute atomic E-state index is 0.0412. The largest absolute Gasteiger partial charge is 0.486 e. The first kappa shape index (κ1) is 21.5. The summed E-state index contributed by atoms with van der Waals surface area (Å²) in [7, 11) is 2.12. The summed E-state index contributed by atoms with van der Waals surface area (Å²) in [5, 5.41) is 6.99. The average molecular weight is 453 g/mol. The van der Waals surface area contributed by atoms with Crippen molar-refractivity contribution in [3.8, 4) is 22.8 Å². The van der Waals surface area contributed by atoms with Gasteiger partial charge in [-0.15, -0.1) is 0 Å². The fraction of sp³-hybridized carbons (Fsp3) is 0.417. The van der Waals surface area contributed by atoms with Gasteiger partial charge in [0.05, 0.1) is 6.04 Å². The summed E-state index contributed by atoms with van der Waals surface area (Å²) >= 11 is 0. The molecule has 1 saturated heterocycles. The molecule has 1 amide bonds. The van der Waals surface area contributed by atoms with Crippen LogP contribution in [0.2, 0.25) is 0 Å². The fourth-order valence-corrected chi connectivity index (χ4v) is 4.17. The second-order valence-corrected chi connectivity index (χ2v) is 8.45. The molecule has 1 fully saturated rings. The minimum Gasteiger partial charge on any atom is -0.486 e. The smallest absolute Gasteiger partial charge is 0.273 e. The van der Waals surface area contributed by atoms with E-state index >= 15 is 0 Å². The molecule has 0 aliphatic carbocycles. The molecule has 2 aliphatic heterocycles. The van der Waals surface area contributed by atoms with Gasteiger partial charge in [-0.3, -0.25) is 9.69 Å². The van der Waals surface area contributed by atoms with Crippen molar-refractivity contribution in [2.24, 2.45) is 0 Å². The quantitative estimate of drug-likeness (QED) is 0.610. The van der Waals surface area contributed by atoms with Crippen LogP contribution in [0.4, 0.5) is 0 Å². The average Bonchev–Trinajstić information content (AvgIpc) is 3.50. The number of piperazine rings is 1. The molecule has 1 atom stereocenters. The number of furan rings is 1. The number of benzene rings is 1. The summed E-state index contributed by atoms with van der Waals surface area (Å²) in [5.74, 6) is 3.28. The van der Waals surface area contributed by atoms with Gasteiger partial charge in [-0.1, -0.05) is 5.16 Å². The lowest BCUT2D eigenvalue weighted by Crippen LogP contribution is -2.48. The molecule has 1 unspecified atom stereocenters. The number of amides is 1. The predicted octanol–water partition coefficient (Wildman–Crippen LogP) is 2.73. The Bertz CT molecular complexity index is 1120. The van der Waals surface area contributed by atoms with Crippen LogP contribution in [0.25, 0.3) is 11.3 Å². The topological polar surface area (TPSA) is 93.2 Å². The number of aromatic nitrogens is 1. The van der Waals surface area contributed by atoms with E-state index in [9.17, 15) is 4.79 Å². The Kier molecular flexibility index (Phi) is 6.06. The van der Waals surface area contributed by atoms with Crippen molar-refractivity contribution in [2.45, 2.75) is 13.0 Å². The zero-order chi connectivity index (χ0) is 22.8. The van der Waals surface area contributed by atoms with E-state index in [1.807, 2.05) is 37.3 Å². The Balaban J connectivity index is 1.27. The van der Waals surface area contributed by atoms with Gasteiger partial charge < -0.3 is 28.6 Å². The summed E-state index contributed by atoms with van der Waals surface area (Å²) < 4.78 is 22.5. The molecule has 174 valence electrons. The number of hydrogen-bond acceptors (Lipinski definition) is 8. The van der Waals surface area contributed by atoms with E-state index in [4.69, 9.17) is 18.4 Å². The van der Waals surface area contributed by atoms with Crippen LogP contribution in [0.3, 0.4) is 0 Å². The second kappa shape index (κ2) is 9.29. The molecule has 9 heteroatoms. The van der Waals surface area contributed by atoms with Crippen LogP contribution in [0.1, 0.15) is 28.1 Å². The van der Waals surface area contributed by atoms with Crippen LogP contribution in [-0.4, -0.2) is 73.8 Å². The third-order valence-electron chi connectivity index (χ3n) is 6.09. The van der Waals surface area contributed by atoms with Crippen molar-refractivity contribution >= 4 is 5.91 Å². The van der Waals surface area contributed by atoms with E-state index in [2.05, 4.69) is 27.3 Å². The van der Waals surface area contributed by atoms with Gasteiger partial charge in [-0.05, 0) is 44.3 Å². The van der Waals surface area contributed by atoms with Crippen LogP contribution >= 0.6 is 0 Å². The van der Waals surface area contributed by atoms with Crippen LogP contribution in [0, 0.1) is 6.92 Å². The third kappa shape index (κ3) is 4.74. The number of rotatable bonds is 6. The number of aryl methyl sites for hydroxylation is 1. The van der Waals surface area contributed by atoms with E-state index in [0.29, 0.717) is 37.0 Å². The van der Waals surface area contributed by atoms with E-state index in [1.165, 1.54) is 0 Å². The SMILES string of the molecule is Cc1ccc(C(CNC(=O)c2cc(-c3ccc4c(c3)OCCO4)on2)N2CCN(C)CC2)o1. The molecule has 1 N–H and O–H groups in total. The van der Waals surface area contributed by atoms with Gasteiger partial charge in [-0.25, -0.2) is 0 Å². The van der Waals surface area contributed by atoms with E-state index < -0.39 is 0 Å². The van der Waals surface area contributed by atoms with E-state index in [1.54, 1.807) is 6.07 Å². The molecular formula is C24H28N4O5. The Morgan fingerprint density at radius 2 is 1.85 bits per heavy atom. The monoisotopic (exact) mass is 452 g/mol. The lowest BCUT2D eigenvalue weighted by atomic mass is 10.1. The van der Waals surface area contributed by atoms with Crippen LogP contribution in [0.15, 0.2) is 45.3 Å². The lowest BCUT2D eigenvalue weighted by Gasteiger charge is -2.37. The molecule has 1 aromatic carbocycles. The first-order chi connectivity index (χ1) is 16.1. The fourth-order valence-electron chi connectivity index (χ4n) is 4.17. The highest BCUT2D eigenvalue weighted by molar-refractivity contribution is 5.93. The van der Waals surface area contributed by atoms with Crippen LogP contribution in [-0.2, 0) is 0 Å². The van der Waals surface area contributed by atoms with Gasteiger partial charge in [0, 0.05) is 44.4 Å². The maximum atomic E-state index is 12.9. The molecule has 2 aromatic heterocycles. The van der Waals surface area contributed by atoms with Gasteiger partial charge in [0.1, 0.15) is 24.7 Å². The van der Waals surface area contributed by atoms with Crippen LogP contribution in [0.5, 0.6) is 11.5 Å².